The van der Waals surface area contributed by atoms with Crippen LogP contribution in [0.2, 0.25) is 0 Å². The van der Waals surface area contributed by atoms with E-state index in [-0.39, 0.29) is 25.5 Å². The van der Waals surface area contributed by atoms with Gasteiger partial charge in [0.25, 0.3) is 5.91 Å². The number of amides is 1. The predicted octanol–water partition coefficient (Wildman–Crippen LogP) is 5.86. The lowest BCUT2D eigenvalue weighted by Crippen LogP contribution is -2.53. The summed E-state index contributed by atoms with van der Waals surface area (Å²) in [5.41, 5.74) is 15.7. The predicted molar refractivity (Wildman–Crippen MR) is 170 cm³/mol. The van der Waals surface area contributed by atoms with Gasteiger partial charge in [-0.25, -0.2) is 14.8 Å². The number of hydrazine groups is 1. The molecule has 4 aromatic rings. The molecule has 0 radical (unpaired) electrons. The Morgan fingerprint density at radius 1 is 1.04 bits per heavy atom. The van der Waals surface area contributed by atoms with Crippen LogP contribution < -0.4 is 20.3 Å². The Morgan fingerprint density at radius 3 is 2.54 bits per heavy atom. The highest BCUT2D eigenvalue weighted by molar-refractivity contribution is 6.01. The molecule has 2 atom stereocenters. The molecule has 1 heterocycles. The Kier molecular flexibility index (Phi) is 10.5. The summed E-state index contributed by atoms with van der Waals surface area (Å²) in [5.74, 6) is 0.404. The van der Waals surface area contributed by atoms with E-state index in [9.17, 15) is 14.7 Å². The monoisotopic (exact) mass is 624 g/mol. The van der Waals surface area contributed by atoms with Crippen molar-refractivity contribution in [1.29, 1.82) is 0 Å². The number of carbonyl (C=O) groups excluding carboxylic acids is 1. The Bertz CT molecular complexity index is 1740. The molecule has 0 spiro atoms. The summed E-state index contributed by atoms with van der Waals surface area (Å²) < 4.78 is 32.0. The summed E-state index contributed by atoms with van der Waals surface area (Å²) in [6, 6.07) is 27.4. The maximum absolute atomic E-state index is 14.4. The quantitative estimate of drug-likeness (QED) is 0.0526. The van der Waals surface area contributed by atoms with Crippen molar-refractivity contribution in [2.45, 2.75) is 31.0 Å². The molecule has 0 saturated heterocycles. The summed E-state index contributed by atoms with van der Waals surface area (Å²) in [7, 11) is 1.55. The lowest BCUT2D eigenvalue weighted by molar-refractivity contribution is -0.130. The largest absolute Gasteiger partial charge is 0.497 e. The highest BCUT2D eigenvalue weighted by Crippen LogP contribution is 2.44. The lowest BCUT2D eigenvalue weighted by atomic mass is 9.81. The Labute approximate surface area is 265 Å². The van der Waals surface area contributed by atoms with E-state index in [1.165, 1.54) is 6.07 Å². The third-order valence-corrected chi connectivity index (χ3v) is 7.47. The number of rotatable bonds is 14. The zero-order valence-corrected chi connectivity index (χ0v) is 25.1. The molecule has 11 nitrogen and oxygen atoms in total. The van der Waals surface area contributed by atoms with Crippen molar-refractivity contribution in [2.24, 2.45) is 10.1 Å². The van der Waals surface area contributed by atoms with Crippen LogP contribution in [0.25, 0.3) is 10.4 Å². The van der Waals surface area contributed by atoms with Crippen LogP contribution in [0, 0.1) is 5.82 Å². The fourth-order valence-electron chi connectivity index (χ4n) is 5.15. The summed E-state index contributed by atoms with van der Waals surface area (Å²) in [5, 5.41) is 12.9. The second-order valence-electron chi connectivity index (χ2n) is 10.5. The standard InChI is InChI=1S/C34H33FN6O5/c1-44-28-11-6-10-24(20-28)31-34(21-25-8-3-5-13-30(25)39-41-36,33(43)40-37-22-26-9-2-4-12-29(26)35)38-32(46-31)23-14-16-27(17-15-23)45-19-7-18-42/h2-6,8-17,20,31,37,42H,7,18-19,21-22H2,1H3,(H,40,43)/t31-,34-/m0/s1. The Balaban J connectivity index is 1.58. The number of methoxy groups -OCH3 is 1. The second-order valence-corrected chi connectivity index (χ2v) is 10.5. The van der Waals surface area contributed by atoms with E-state index in [0.717, 1.165) is 0 Å². The normalized spacial score (nSPS) is 16.9. The van der Waals surface area contributed by atoms with Gasteiger partial charge in [0.05, 0.1) is 13.7 Å². The average Bonchev–Trinajstić information content (AvgIpc) is 3.47. The van der Waals surface area contributed by atoms with Gasteiger partial charge >= 0.3 is 0 Å². The smallest absolute Gasteiger partial charge is 0.266 e. The molecule has 0 unspecified atom stereocenters. The van der Waals surface area contributed by atoms with Crippen molar-refractivity contribution in [3.63, 3.8) is 0 Å². The molecule has 0 fully saturated rings. The van der Waals surface area contributed by atoms with Crippen molar-refractivity contribution >= 4 is 17.5 Å². The molecule has 0 aliphatic carbocycles. The van der Waals surface area contributed by atoms with Gasteiger partial charge in [0.2, 0.25) is 5.90 Å². The van der Waals surface area contributed by atoms with Gasteiger partial charge in [-0.3, -0.25) is 10.2 Å². The molecule has 0 aromatic heterocycles. The Morgan fingerprint density at radius 2 is 1.80 bits per heavy atom. The van der Waals surface area contributed by atoms with Crippen LogP contribution in [0.4, 0.5) is 10.1 Å². The number of hydrogen-bond acceptors (Lipinski definition) is 8. The number of hydrogen-bond donors (Lipinski definition) is 3. The fraction of sp³-hybridized carbons (Fsp3) is 0.235. The topological polar surface area (TPSA) is 150 Å². The number of carbonyl (C=O) groups is 1. The molecular formula is C34H33FN6O5. The van der Waals surface area contributed by atoms with Crippen LogP contribution in [0.15, 0.2) is 107 Å². The SMILES string of the molecule is COc1cccc([C@@H]2OC(c3ccc(OCCCO)cc3)=N[C@]2(Cc2ccccc2N=[N+]=[N-])C(=O)NNCc2ccccc2F)c1. The minimum Gasteiger partial charge on any atom is -0.497 e. The van der Waals surface area contributed by atoms with E-state index in [2.05, 4.69) is 20.9 Å². The van der Waals surface area contributed by atoms with E-state index in [1.807, 2.05) is 6.07 Å². The molecule has 0 saturated carbocycles. The minimum absolute atomic E-state index is 0.0108. The summed E-state index contributed by atoms with van der Waals surface area (Å²) >= 11 is 0. The zero-order valence-electron chi connectivity index (χ0n) is 25.1. The van der Waals surface area contributed by atoms with Crippen molar-refractivity contribution < 1.29 is 28.5 Å². The van der Waals surface area contributed by atoms with Crippen LogP contribution in [0.1, 0.15) is 34.8 Å². The third-order valence-electron chi connectivity index (χ3n) is 7.47. The van der Waals surface area contributed by atoms with E-state index < -0.39 is 23.4 Å². The van der Waals surface area contributed by atoms with Crippen molar-refractivity contribution in [3.8, 4) is 11.5 Å². The van der Waals surface area contributed by atoms with Crippen molar-refractivity contribution in [3.05, 3.63) is 136 Å². The molecule has 1 aliphatic heterocycles. The number of aliphatic hydroxyl groups is 1. The molecule has 3 N–H and O–H groups in total. The molecule has 46 heavy (non-hydrogen) atoms. The van der Waals surface area contributed by atoms with E-state index in [4.69, 9.17) is 24.3 Å². The molecule has 5 rings (SSSR count). The fourth-order valence-corrected chi connectivity index (χ4v) is 5.15. The highest BCUT2D eigenvalue weighted by Gasteiger charge is 2.53. The van der Waals surface area contributed by atoms with Gasteiger partial charge in [-0.2, -0.15) is 0 Å². The average molecular weight is 625 g/mol. The number of aliphatic imine (C=N–C) groups is 1. The number of azide groups is 1. The number of aliphatic hydroxyl groups excluding tert-OH is 1. The van der Waals surface area contributed by atoms with Gasteiger partial charge in [0.15, 0.2) is 11.6 Å². The van der Waals surface area contributed by atoms with Crippen LogP contribution in [-0.4, -0.2) is 42.8 Å². The molecular weight excluding hydrogens is 591 g/mol. The maximum atomic E-state index is 14.4. The molecule has 0 bridgehead atoms. The number of halogens is 1. The lowest BCUT2D eigenvalue weighted by Gasteiger charge is -2.31. The molecule has 1 amide bonds. The van der Waals surface area contributed by atoms with Gasteiger partial charge in [0, 0.05) is 47.7 Å². The van der Waals surface area contributed by atoms with Crippen LogP contribution >= 0.6 is 0 Å². The summed E-state index contributed by atoms with van der Waals surface area (Å²) in [6.45, 7) is 0.401. The van der Waals surface area contributed by atoms with Crippen LogP contribution in [0.5, 0.6) is 11.5 Å². The first kappa shape index (κ1) is 32.0. The molecule has 1 aliphatic rings. The van der Waals surface area contributed by atoms with Gasteiger partial charge in [-0.15, -0.1) is 0 Å². The Hall–Kier alpha value is -5.42. The van der Waals surface area contributed by atoms with Crippen molar-refractivity contribution in [1.82, 2.24) is 10.9 Å². The summed E-state index contributed by atoms with van der Waals surface area (Å²) in [6.07, 6.45) is -0.463. The van der Waals surface area contributed by atoms with Crippen molar-refractivity contribution in [2.75, 3.05) is 20.3 Å². The van der Waals surface area contributed by atoms with Gasteiger partial charge < -0.3 is 19.3 Å². The zero-order chi connectivity index (χ0) is 32.4. The summed E-state index contributed by atoms with van der Waals surface area (Å²) in [4.78, 5) is 22.3. The van der Waals surface area contributed by atoms with E-state index in [1.54, 1.807) is 92.0 Å². The van der Waals surface area contributed by atoms with Crippen LogP contribution in [-0.2, 0) is 22.5 Å². The second kappa shape index (κ2) is 15.0. The molecule has 12 heteroatoms. The number of nitrogens with zero attached hydrogens (tertiary/aromatic N) is 4. The van der Waals surface area contributed by atoms with Gasteiger partial charge in [0.1, 0.15) is 17.3 Å². The molecule has 4 aromatic carbocycles. The minimum atomic E-state index is -1.62. The van der Waals surface area contributed by atoms with E-state index >= 15 is 0 Å². The van der Waals surface area contributed by atoms with E-state index in [0.29, 0.717) is 52.5 Å². The number of nitrogens with one attached hydrogen (secondary N) is 2. The van der Waals surface area contributed by atoms with Gasteiger partial charge in [-0.1, -0.05) is 59.7 Å². The number of benzene rings is 4. The van der Waals surface area contributed by atoms with Gasteiger partial charge in [-0.05, 0) is 59.1 Å². The maximum Gasteiger partial charge on any atom is 0.266 e. The first-order valence-electron chi connectivity index (χ1n) is 14.6. The highest BCUT2D eigenvalue weighted by atomic mass is 19.1. The third kappa shape index (κ3) is 7.27. The first-order valence-corrected chi connectivity index (χ1v) is 14.6. The van der Waals surface area contributed by atoms with Crippen LogP contribution in [0.3, 0.4) is 0 Å². The number of ether oxygens (including phenoxy) is 3. The molecule has 236 valence electrons. The first-order chi connectivity index (χ1) is 22.5.